The number of halogens is 1. The molecule has 27 heavy (non-hydrogen) atoms. The van der Waals surface area contributed by atoms with Crippen LogP contribution in [0.3, 0.4) is 0 Å². The number of sulfonamides is 1. The molecule has 1 atom stereocenters. The van der Waals surface area contributed by atoms with Crippen LogP contribution in [0.15, 0.2) is 4.99 Å². The molecule has 1 rings (SSSR count). The lowest BCUT2D eigenvalue weighted by Gasteiger charge is -2.22. The second kappa shape index (κ2) is 16.7. The van der Waals surface area contributed by atoms with Crippen LogP contribution < -0.4 is 15.4 Å². The second-order valence-electron chi connectivity index (χ2n) is 6.04. The highest BCUT2D eigenvalue weighted by Crippen LogP contribution is 2.11. The summed E-state index contributed by atoms with van der Waals surface area (Å²) in [6.07, 6.45) is 3.87. The zero-order valence-corrected chi connectivity index (χ0v) is 19.5. The lowest BCUT2D eigenvalue weighted by Crippen LogP contribution is -2.42. The number of hydrogen-bond donors (Lipinski definition) is 3. The first-order chi connectivity index (χ1) is 12.6. The van der Waals surface area contributed by atoms with Crippen LogP contribution in [0.25, 0.3) is 0 Å². The molecule has 162 valence electrons. The Kier molecular flexibility index (Phi) is 16.6. The Balaban J connectivity index is 0.00000676. The maximum atomic E-state index is 12.0. The minimum Gasteiger partial charge on any atom is -0.382 e. The van der Waals surface area contributed by atoms with Crippen molar-refractivity contribution < 1.29 is 22.6 Å². The molecule has 0 spiro atoms. The smallest absolute Gasteiger partial charge is 0.213 e. The first kappa shape index (κ1) is 26.8. The van der Waals surface area contributed by atoms with Crippen molar-refractivity contribution in [2.45, 2.75) is 31.8 Å². The van der Waals surface area contributed by atoms with Gasteiger partial charge in [-0.3, -0.25) is 4.99 Å². The number of guanidine groups is 1. The number of ether oxygens (including phenoxy) is 3. The van der Waals surface area contributed by atoms with Gasteiger partial charge in [-0.1, -0.05) is 0 Å². The van der Waals surface area contributed by atoms with Gasteiger partial charge in [0.15, 0.2) is 5.96 Å². The molecule has 1 aliphatic heterocycles. The average molecular weight is 522 g/mol. The van der Waals surface area contributed by atoms with E-state index in [2.05, 4.69) is 20.3 Å². The topological polar surface area (TPSA) is 110 Å². The Hall–Kier alpha value is -0.210. The zero-order valence-electron chi connectivity index (χ0n) is 16.4. The van der Waals surface area contributed by atoms with Crippen molar-refractivity contribution in [1.82, 2.24) is 15.4 Å². The van der Waals surface area contributed by atoms with Crippen LogP contribution >= 0.6 is 24.0 Å². The highest BCUT2D eigenvalue weighted by atomic mass is 127. The molecule has 0 saturated carbocycles. The molecule has 3 N–H and O–H groups in total. The van der Waals surface area contributed by atoms with Crippen LogP contribution in [-0.2, 0) is 24.2 Å². The van der Waals surface area contributed by atoms with Crippen molar-refractivity contribution in [2.24, 2.45) is 4.99 Å². The third-order valence-corrected chi connectivity index (χ3v) is 5.23. The van der Waals surface area contributed by atoms with Gasteiger partial charge in [-0.15, -0.1) is 24.0 Å². The molecule has 1 unspecified atom stereocenters. The van der Waals surface area contributed by atoms with Crippen molar-refractivity contribution >= 4 is 40.0 Å². The van der Waals surface area contributed by atoms with E-state index in [0.29, 0.717) is 45.5 Å². The number of aliphatic imine (C=N–C) groups is 1. The number of nitrogens with one attached hydrogen (secondary N) is 3. The van der Waals surface area contributed by atoms with E-state index in [1.807, 2.05) is 0 Å². The van der Waals surface area contributed by atoms with Gasteiger partial charge in [0.1, 0.15) is 0 Å². The van der Waals surface area contributed by atoms with E-state index in [0.717, 1.165) is 25.7 Å². The van der Waals surface area contributed by atoms with Crippen LogP contribution in [0, 0.1) is 0 Å². The first-order valence-electron chi connectivity index (χ1n) is 9.17. The van der Waals surface area contributed by atoms with Gasteiger partial charge < -0.3 is 24.8 Å². The second-order valence-corrected chi connectivity index (χ2v) is 7.97. The van der Waals surface area contributed by atoms with Crippen LogP contribution in [-0.4, -0.2) is 86.5 Å². The third-order valence-electron chi connectivity index (χ3n) is 3.88. The van der Waals surface area contributed by atoms with Gasteiger partial charge in [-0.25, -0.2) is 13.1 Å². The largest absolute Gasteiger partial charge is 0.382 e. The van der Waals surface area contributed by atoms with E-state index in [1.165, 1.54) is 0 Å². The predicted octanol–water partition coefficient (Wildman–Crippen LogP) is 0.311. The van der Waals surface area contributed by atoms with Gasteiger partial charge in [-0.2, -0.15) is 0 Å². The van der Waals surface area contributed by atoms with Crippen molar-refractivity contribution in [3.8, 4) is 0 Å². The summed E-state index contributed by atoms with van der Waals surface area (Å²) >= 11 is 0. The van der Waals surface area contributed by atoms with Gasteiger partial charge in [0.05, 0.1) is 25.1 Å². The molecule has 1 saturated heterocycles. The fourth-order valence-electron chi connectivity index (χ4n) is 2.41. The molecule has 0 bridgehead atoms. The Morgan fingerprint density at radius 2 is 1.96 bits per heavy atom. The summed E-state index contributed by atoms with van der Waals surface area (Å²) in [4.78, 5) is 4.07. The van der Waals surface area contributed by atoms with E-state index in [1.54, 1.807) is 14.2 Å². The highest BCUT2D eigenvalue weighted by Gasteiger charge is 2.17. The number of rotatable bonds is 13. The average Bonchev–Trinajstić information content (AvgIpc) is 2.65. The first-order valence-corrected chi connectivity index (χ1v) is 10.8. The molecule has 0 aromatic carbocycles. The molecule has 11 heteroatoms. The van der Waals surface area contributed by atoms with Crippen molar-refractivity contribution in [3.05, 3.63) is 0 Å². The lowest BCUT2D eigenvalue weighted by molar-refractivity contribution is 0.0200. The summed E-state index contributed by atoms with van der Waals surface area (Å²) in [6.45, 7) is 3.84. The maximum Gasteiger partial charge on any atom is 0.213 e. The molecule has 0 aliphatic carbocycles. The molecular formula is C16H35IN4O5S. The van der Waals surface area contributed by atoms with Gasteiger partial charge in [0.25, 0.3) is 0 Å². The van der Waals surface area contributed by atoms with Gasteiger partial charge in [0, 0.05) is 47.0 Å². The van der Waals surface area contributed by atoms with Crippen LogP contribution in [0.5, 0.6) is 0 Å². The fourth-order valence-corrected chi connectivity index (χ4v) is 3.37. The molecule has 0 aromatic rings. The van der Waals surface area contributed by atoms with E-state index in [-0.39, 0.29) is 42.4 Å². The normalized spacial score (nSPS) is 18.0. The molecule has 0 radical (unpaired) electrons. The minimum atomic E-state index is -3.33. The molecule has 1 fully saturated rings. The van der Waals surface area contributed by atoms with E-state index >= 15 is 0 Å². The van der Waals surface area contributed by atoms with Crippen molar-refractivity contribution in [3.63, 3.8) is 0 Å². The van der Waals surface area contributed by atoms with Crippen LogP contribution in [0.1, 0.15) is 25.7 Å². The molecule has 0 amide bonds. The van der Waals surface area contributed by atoms with Gasteiger partial charge in [0.2, 0.25) is 10.0 Å². The summed E-state index contributed by atoms with van der Waals surface area (Å²) in [7, 11) is -0.0406. The monoisotopic (exact) mass is 522 g/mol. The zero-order chi connectivity index (χ0) is 19.1. The molecule has 0 aromatic heterocycles. The summed E-state index contributed by atoms with van der Waals surface area (Å²) in [6, 6.07) is 0. The standard InChI is InChI=1S/C16H34N4O5S.HI/c1-17-16(18-7-5-9-24-12-11-23-2)19-8-13-26(21,22)20-14-15-6-3-4-10-25-15;/h15,20H,3-14H2,1-2H3,(H2,17,18,19);1H. The summed E-state index contributed by atoms with van der Waals surface area (Å²) in [5.41, 5.74) is 0. The number of hydrogen-bond acceptors (Lipinski definition) is 6. The Bertz CT molecular complexity index is 487. The Morgan fingerprint density at radius 3 is 2.63 bits per heavy atom. The summed E-state index contributed by atoms with van der Waals surface area (Å²) in [5, 5.41) is 6.13. The number of methoxy groups -OCH3 is 1. The quantitative estimate of drug-likeness (QED) is 0.138. The van der Waals surface area contributed by atoms with Crippen molar-refractivity contribution in [2.75, 3.05) is 66.0 Å². The highest BCUT2D eigenvalue weighted by molar-refractivity contribution is 14.0. The van der Waals surface area contributed by atoms with Crippen molar-refractivity contribution in [1.29, 1.82) is 0 Å². The predicted molar refractivity (Wildman–Crippen MR) is 117 cm³/mol. The van der Waals surface area contributed by atoms with Gasteiger partial charge >= 0.3 is 0 Å². The SMILES string of the molecule is CN=C(NCCCOCCOC)NCCS(=O)(=O)NCC1CCCCO1.I. The molecular weight excluding hydrogens is 487 g/mol. The third kappa shape index (κ3) is 14.4. The van der Waals surface area contributed by atoms with E-state index in [4.69, 9.17) is 14.2 Å². The molecule has 9 nitrogen and oxygen atoms in total. The Labute approximate surface area is 180 Å². The maximum absolute atomic E-state index is 12.0. The summed E-state index contributed by atoms with van der Waals surface area (Å²) in [5.74, 6) is 0.563. The Morgan fingerprint density at radius 1 is 1.19 bits per heavy atom. The fraction of sp³-hybridized carbons (Fsp3) is 0.938. The van der Waals surface area contributed by atoms with E-state index < -0.39 is 10.0 Å². The van der Waals surface area contributed by atoms with E-state index in [9.17, 15) is 8.42 Å². The molecule has 1 heterocycles. The minimum absolute atomic E-state index is 0. The summed E-state index contributed by atoms with van der Waals surface area (Å²) < 4.78 is 42.5. The van der Waals surface area contributed by atoms with Crippen LogP contribution in [0.4, 0.5) is 0 Å². The van der Waals surface area contributed by atoms with Crippen LogP contribution in [0.2, 0.25) is 0 Å². The lowest BCUT2D eigenvalue weighted by atomic mass is 10.1. The molecule has 1 aliphatic rings. The number of nitrogens with zero attached hydrogens (tertiary/aromatic N) is 1. The van der Waals surface area contributed by atoms with Gasteiger partial charge in [-0.05, 0) is 25.7 Å².